The molecule has 2 amide bonds. The van der Waals surface area contributed by atoms with Crippen LogP contribution in [0.15, 0.2) is 122 Å². The minimum atomic E-state index is -0.817. The molecule has 0 aliphatic heterocycles. The van der Waals surface area contributed by atoms with Crippen molar-refractivity contribution in [1.29, 1.82) is 0 Å². The number of ketones is 2. The number of anilines is 2. The molecule has 16 heteroatoms. The fraction of sp³-hybridized carbons (Fsp3) is 0.0889. The van der Waals surface area contributed by atoms with E-state index in [9.17, 15) is 19.2 Å². The summed E-state index contributed by atoms with van der Waals surface area (Å²) in [6.07, 6.45) is 4.20. The van der Waals surface area contributed by atoms with Crippen LogP contribution >= 0.6 is 58.0 Å². The molecule has 0 aliphatic rings. The topological polar surface area (TPSA) is 141 Å². The predicted octanol–water partition coefficient (Wildman–Crippen LogP) is 11.1. The summed E-state index contributed by atoms with van der Waals surface area (Å²) < 4.78 is 3.62. The highest BCUT2D eigenvalue weighted by Crippen LogP contribution is 2.34. The highest BCUT2D eigenvalue weighted by Gasteiger charge is 2.28. The van der Waals surface area contributed by atoms with Gasteiger partial charge in [0, 0.05) is 52.0 Å². The first-order valence-corrected chi connectivity index (χ1v) is 20.3. The lowest BCUT2D eigenvalue weighted by molar-refractivity contribution is -0.113. The van der Waals surface area contributed by atoms with Crippen LogP contribution in [0.25, 0.3) is 21.8 Å². The van der Waals surface area contributed by atoms with E-state index in [1.165, 1.54) is 30.9 Å². The molecule has 0 atom stereocenters. The Hall–Kier alpha value is -6.08. The molecule has 0 spiro atoms. The number of fused-ring (bicyclic) bond motifs is 2. The van der Waals surface area contributed by atoms with E-state index >= 15 is 0 Å². The Labute approximate surface area is 374 Å². The number of nitrogens with one attached hydrogen (secondary N) is 2. The molecule has 61 heavy (non-hydrogen) atoms. The number of pyridine rings is 1. The summed E-state index contributed by atoms with van der Waals surface area (Å²) in [5.41, 5.74) is 6.03. The number of rotatable bonds is 10. The molecule has 4 heterocycles. The van der Waals surface area contributed by atoms with Crippen molar-refractivity contribution in [3.63, 3.8) is 0 Å². The molecule has 0 radical (unpaired) electrons. The summed E-state index contributed by atoms with van der Waals surface area (Å²) in [7, 11) is 0. The third kappa shape index (κ3) is 9.78. The molecular formula is C45H32Cl5N7O4. The van der Waals surface area contributed by atoms with Gasteiger partial charge < -0.3 is 19.8 Å². The number of carbonyl (C=O) groups is 4. The van der Waals surface area contributed by atoms with Gasteiger partial charge in [-0.1, -0.05) is 106 Å². The molecule has 0 unspecified atom stereocenters. The van der Waals surface area contributed by atoms with Crippen molar-refractivity contribution in [3.8, 4) is 0 Å². The van der Waals surface area contributed by atoms with Gasteiger partial charge in [0.25, 0.3) is 23.4 Å². The number of amides is 2. The van der Waals surface area contributed by atoms with Gasteiger partial charge in [-0.15, -0.1) is 0 Å². The van der Waals surface area contributed by atoms with E-state index in [4.69, 9.17) is 58.0 Å². The van der Waals surface area contributed by atoms with Crippen LogP contribution in [-0.4, -0.2) is 47.5 Å². The van der Waals surface area contributed by atoms with Crippen LogP contribution in [-0.2, 0) is 22.7 Å². The zero-order valence-corrected chi connectivity index (χ0v) is 36.0. The zero-order valence-electron chi connectivity index (χ0n) is 32.2. The Bertz CT molecular complexity index is 2970. The van der Waals surface area contributed by atoms with Gasteiger partial charge in [-0.05, 0) is 91.7 Å². The fourth-order valence-electron chi connectivity index (χ4n) is 6.59. The molecule has 2 N–H and O–H groups in total. The number of halogens is 5. The molecule has 306 valence electrons. The first-order valence-electron chi connectivity index (χ1n) is 18.4. The van der Waals surface area contributed by atoms with Gasteiger partial charge in [0.1, 0.15) is 27.6 Å². The number of hydrogen-bond acceptors (Lipinski definition) is 7. The summed E-state index contributed by atoms with van der Waals surface area (Å²) in [4.78, 5) is 63.0. The maximum absolute atomic E-state index is 13.1. The number of aromatic nitrogens is 5. The van der Waals surface area contributed by atoms with E-state index in [0.29, 0.717) is 39.6 Å². The Balaban J connectivity index is 0.000000184. The average molecular weight is 912 g/mol. The maximum atomic E-state index is 13.1. The quantitative estimate of drug-likeness (QED) is 0.0790. The second kappa shape index (κ2) is 18.7. The lowest BCUT2D eigenvalue weighted by atomic mass is 10.1. The van der Waals surface area contributed by atoms with E-state index in [2.05, 4.69) is 25.6 Å². The minimum absolute atomic E-state index is 0.159. The second-order valence-electron chi connectivity index (χ2n) is 13.8. The third-order valence-corrected chi connectivity index (χ3v) is 11.0. The van der Waals surface area contributed by atoms with Crippen molar-refractivity contribution in [1.82, 2.24) is 24.1 Å². The van der Waals surface area contributed by atoms with Gasteiger partial charge in [-0.25, -0.2) is 15.0 Å². The monoisotopic (exact) mass is 909 g/mol. The SMILES string of the molecule is Cc1ccc2c(c1)c(C(=O)C(=O)Nc1ccnc(Cl)c1)c(Cl)n2Cc1ccc(Cl)cc1.Cc1ccc2c(c1)c(C(=O)C(=O)Nc1ccncn1)c(Cl)n2Cc1ccc(Cl)cc1. The number of Topliss-reactive ketones (excluding diaryl/α,β-unsaturated/α-hetero) is 2. The van der Waals surface area contributed by atoms with Crippen LogP contribution in [0.2, 0.25) is 25.5 Å². The van der Waals surface area contributed by atoms with Crippen LogP contribution in [0, 0.1) is 13.8 Å². The number of aryl methyl sites for hydroxylation is 2. The lowest BCUT2D eigenvalue weighted by Gasteiger charge is -2.08. The van der Waals surface area contributed by atoms with Gasteiger partial charge in [0.2, 0.25) is 0 Å². The maximum Gasteiger partial charge on any atom is 0.298 e. The Morgan fingerprint density at radius 3 is 1.51 bits per heavy atom. The minimum Gasteiger partial charge on any atom is -0.327 e. The summed E-state index contributed by atoms with van der Waals surface area (Å²) in [6, 6.07) is 30.6. The number of carbonyl (C=O) groups excluding carboxylic acids is 4. The van der Waals surface area contributed by atoms with Gasteiger partial charge >= 0.3 is 0 Å². The van der Waals surface area contributed by atoms with Crippen LogP contribution in [0.5, 0.6) is 0 Å². The van der Waals surface area contributed by atoms with E-state index in [1.807, 2.05) is 83.6 Å². The van der Waals surface area contributed by atoms with E-state index in [-0.39, 0.29) is 32.4 Å². The van der Waals surface area contributed by atoms with E-state index in [1.54, 1.807) is 30.3 Å². The van der Waals surface area contributed by atoms with Crippen molar-refractivity contribution < 1.29 is 19.2 Å². The number of hydrogen-bond donors (Lipinski definition) is 2. The lowest BCUT2D eigenvalue weighted by Crippen LogP contribution is -2.23. The molecule has 0 saturated carbocycles. The Morgan fingerprint density at radius 1 is 0.557 bits per heavy atom. The highest BCUT2D eigenvalue weighted by molar-refractivity contribution is 6.52. The second-order valence-corrected chi connectivity index (χ2v) is 15.8. The van der Waals surface area contributed by atoms with E-state index in [0.717, 1.165) is 33.3 Å². The zero-order chi connectivity index (χ0) is 43.4. The summed E-state index contributed by atoms with van der Waals surface area (Å²) in [5.74, 6) is -2.85. The van der Waals surface area contributed by atoms with Gasteiger partial charge in [-0.3, -0.25) is 19.2 Å². The summed E-state index contributed by atoms with van der Waals surface area (Å²) in [6.45, 7) is 4.68. The Morgan fingerprint density at radius 2 is 1.05 bits per heavy atom. The molecule has 4 aromatic carbocycles. The summed E-state index contributed by atoms with van der Waals surface area (Å²) in [5, 5.41) is 8.16. The van der Waals surface area contributed by atoms with Crippen molar-refractivity contribution >= 4 is 115 Å². The highest BCUT2D eigenvalue weighted by atomic mass is 35.5. The molecule has 8 rings (SSSR count). The van der Waals surface area contributed by atoms with Crippen LogP contribution in [0.4, 0.5) is 11.5 Å². The van der Waals surface area contributed by atoms with Crippen LogP contribution < -0.4 is 10.6 Å². The van der Waals surface area contributed by atoms with Gasteiger partial charge in [0.15, 0.2) is 0 Å². The van der Waals surface area contributed by atoms with Crippen LogP contribution in [0.1, 0.15) is 43.0 Å². The number of benzene rings is 4. The average Bonchev–Trinajstić information content (AvgIpc) is 3.66. The summed E-state index contributed by atoms with van der Waals surface area (Å²) >= 11 is 31.1. The molecule has 0 saturated heterocycles. The molecule has 0 aliphatic carbocycles. The smallest absolute Gasteiger partial charge is 0.298 e. The molecule has 4 aromatic heterocycles. The van der Waals surface area contributed by atoms with Gasteiger partial charge in [0.05, 0.1) is 22.2 Å². The van der Waals surface area contributed by atoms with E-state index < -0.39 is 23.4 Å². The first-order chi connectivity index (χ1) is 29.3. The molecule has 0 fully saturated rings. The molecule has 0 bridgehead atoms. The van der Waals surface area contributed by atoms with Crippen LogP contribution in [0.3, 0.4) is 0 Å². The molecule has 11 nitrogen and oxygen atoms in total. The molecular weight excluding hydrogens is 880 g/mol. The Kier molecular flexibility index (Phi) is 13.2. The molecule has 8 aromatic rings. The third-order valence-electron chi connectivity index (χ3n) is 9.49. The number of nitrogens with zero attached hydrogens (tertiary/aromatic N) is 5. The largest absolute Gasteiger partial charge is 0.327 e. The van der Waals surface area contributed by atoms with Crippen molar-refractivity contribution in [2.45, 2.75) is 26.9 Å². The van der Waals surface area contributed by atoms with Gasteiger partial charge in [-0.2, -0.15) is 0 Å². The predicted molar refractivity (Wildman–Crippen MR) is 242 cm³/mol. The van der Waals surface area contributed by atoms with Crippen molar-refractivity contribution in [2.75, 3.05) is 10.6 Å². The van der Waals surface area contributed by atoms with Crippen molar-refractivity contribution in [2.24, 2.45) is 0 Å². The first kappa shape index (κ1) is 43.0. The standard InChI is InChI=1S/C23H16Cl3N3O2.C22H16Cl2N4O2/c1-13-2-7-18-17(10-13)20(21(30)23(31)28-16-8-9-27-19(25)11-16)22(26)29(18)12-14-3-5-15(24)6-4-14;1-13-2-7-17-16(10-13)19(20(29)22(30)27-18-8-9-25-12-26-18)21(24)28(17)11-14-3-5-15(23)6-4-14/h2-11H,12H2,1H3,(H,27,28,31);2-10,12H,11H2,1H3,(H,25,26,27,30). The fourth-order valence-corrected chi connectivity index (χ4v) is 7.70. The normalized spacial score (nSPS) is 10.9. The van der Waals surface area contributed by atoms with Crippen molar-refractivity contribution in [3.05, 3.63) is 181 Å².